The van der Waals surface area contributed by atoms with Gasteiger partial charge in [0, 0.05) is 38.1 Å². The highest BCUT2D eigenvalue weighted by Gasteiger charge is 2.33. The number of nitrogens with one attached hydrogen (secondary N) is 1. The summed E-state index contributed by atoms with van der Waals surface area (Å²) in [4.78, 5) is 42.8. The number of ether oxygens (including phenoxy) is 3. The number of aromatic nitrogens is 2. The molecule has 2 aliphatic heterocycles. The van der Waals surface area contributed by atoms with Crippen molar-refractivity contribution in [2.24, 2.45) is 0 Å². The number of unbranched alkanes of at least 4 members (excludes halogenated alkanes) is 1. The monoisotopic (exact) mass is 549 g/mol. The highest BCUT2D eigenvalue weighted by Crippen LogP contribution is 2.33. The number of esters is 1. The summed E-state index contributed by atoms with van der Waals surface area (Å²) in [6, 6.07) is 14.8. The molecule has 1 fully saturated rings. The van der Waals surface area contributed by atoms with E-state index in [9.17, 15) is 14.4 Å². The number of amides is 1. The van der Waals surface area contributed by atoms with Crippen LogP contribution in [-0.2, 0) is 19.0 Å². The van der Waals surface area contributed by atoms with E-state index in [2.05, 4.69) is 4.98 Å². The van der Waals surface area contributed by atoms with E-state index in [1.54, 1.807) is 21.6 Å². The molecule has 10 heteroatoms. The molecule has 2 aliphatic rings. The molecule has 0 saturated carbocycles. The quantitative estimate of drug-likeness (QED) is 0.309. The van der Waals surface area contributed by atoms with Crippen molar-refractivity contribution in [3.63, 3.8) is 0 Å². The number of rotatable bonds is 9. The fourth-order valence-electron chi connectivity index (χ4n) is 5.48. The number of imidazole rings is 1. The number of benzene rings is 2. The molecule has 212 valence electrons. The standard InChI is InChI=1S/C30H35N3O7/c1-38-29(36)21-10-8-20(9-11-21)22-18-26(40-27(19-22)39-17-5-4-16-34)28(35)32-14-12-23(13-15-32)33-25-7-3-2-6-24(25)31-30(33)37/h2-3,6-11,18,22-23,27,34H,4-5,12-17,19H2,1H3,(H,31,37). The molecule has 0 bridgehead atoms. The molecular formula is C30H35N3O7. The molecule has 3 heterocycles. The topological polar surface area (TPSA) is 123 Å². The van der Waals surface area contributed by atoms with Crippen LogP contribution in [0.15, 0.2) is 65.2 Å². The van der Waals surface area contributed by atoms with E-state index in [4.69, 9.17) is 19.3 Å². The van der Waals surface area contributed by atoms with Crippen molar-refractivity contribution < 1.29 is 28.9 Å². The van der Waals surface area contributed by atoms with Crippen LogP contribution < -0.4 is 5.69 Å². The number of aliphatic hydroxyl groups excluding tert-OH is 1. The number of nitrogens with zero attached hydrogens (tertiary/aromatic N) is 2. The predicted molar refractivity (Wildman–Crippen MR) is 148 cm³/mol. The van der Waals surface area contributed by atoms with Gasteiger partial charge < -0.3 is 29.2 Å². The fourth-order valence-corrected chi connectivity index (χ4v) is 5.48. The van der Waals surface area contributed by atoms with Crippen LogP contribution in [0.25, 0.3) is 11.0 Å². The lowest BCUT2D eigenvalue weighted by Crippen LogP contribution is -2.42. The number of methoxy groups -OCH3 is 1. The van der Waals surface area contributed by atoms with Gasteiger partial charge in [0.15, 0.2) is 5.76 Å². The highest BCUT2D eigenvalue weighted by molar-refractivity contribution is 5.92. The summed E-state index contributed by atoms with van der Waals surface area (Å²) in [5.41, 5.74) is 2.93. The Labute approximate surface area is 232 Å². The Kier molecular flexibility index (Phi) is 8.66. The maximum absolute atomic E-state index is 13.6. The second-order valence-corrected chi connectivity index (χ2v) is 10.2. The zero-order valence-electron chi connectivity index (χ0n) is 22.6. The molecule has 2 unspecified atom stereocenters. The van der Waals surface area contributed by atoms with Crippen molar-refractivity contribution in [2.45, 2.75) is 50.4 Å². The lowest BCUT2D eigenvalue weighted by atomic mass is 9.92. The summed E-state index contributed by atoms with van der Waals surface area (Å²) in [6.07, 6.45) is 4.35. The Bertz CT molecular complexity index is 1420. The van der Waals surface area contributed by atoms with Gasteiger partial charge in [-0.3, -0.25) is 9.36 Å². The third kappa shape index (κ3) is 5.97. The maximum atomic E-state index is 13.6. The lowest BCUT2D eigenvalue weighted by molar-refractivity contribution is -0.153. The average Bonchev–Trinajstić information content (AvgIpc) is 3.34. The minimum atomic E-state index is -0.615. The SMILES string of the molecule is COC(=O)c1ccc(C2C=C(C(=O)N3CCC(n4c(=O)[nH]c5ccccc54)CC3)OC(OCCCCO)C2)cc1. The molecule has 1 saturated heterocycles. The van der Waals surface area contributed by atoms with Crippen LogP contribution in [0.2, 0.25) is 0 Å². The third-order valence-electron chi connectivity index (χ3n) is 7.63. The zero-order chi connectivity index (χ0) is 28.1. The van der Waals surface area contributed by atoms with Crippen molar-refractivity contribution in [3.8, 4) is 0 Å². The number of carbonyl (C=O) groups excluding carboxylic acids is 2. The van der Waals surface area contributed by atoms with E-state index < -0.39 is 12.3 Å². The van der Waals surface area contributed by atoms with Crippen LogP contribution in [0.4, 0.5) is 0 Å². The van der Waals surface area contributed by atoms with E-state index in [0.717, 1.165) is 16.6 Å². The van der Waals surface area contributed by atoms with E-state index in [1.807, 2.05) is 42.5 Å². The Morgan fingerprint density at radius 1 is 1.07 bits per heavy atom. The molecule has 40 heavy (non-hydrogen) atoms. The number of hydrogen-bond donors (Lipinski definition) is 2. The number of likely N-dealkylation sites (tertiary alicyclic amines) is 1. The van der Waals surface area contributed by atoms with Gasteiger partial charge in [-0.15, -0.1) is 0 Å². The number of para-hydroxylation sites is 2. The van der Waals surface area contributed by atoms with Gasteiger partial charge in [0.1, 0.15) is 0 Å². The molecule has 2 aromatic carbocycles. The second kappa shape index (κ2) is 12.5. The number of carbonyl (C=O) groups is 2. The Balaban J connectivity index is 1.30. The van der Waals surface area contributed by atoms with Crippen molar-refractivity contribution in [1.82, 2.24) is 14.5 Å². The number of H-pyrrole nitrogens is 1. The third-order valence-corrected chi connectivity index (χ3v) is 7.63. The predicted octanol–water partition coefficient (Wildman–Crippen LogP) is 3.48. The first-order valence-electron chi connectivity index (χ1n) is 13.8. The summed E-state index contributed by atoms with van der Waals surface area (Å²) in [5, 5.41) is 9.08. The van der Waals surface area contributed by atoms with Gasteiger partial charge in [-0.05, 0) is 61.6 Å². The minimum absolute atomic E-state index is 0.00219. The van der Waals surface area contributed by atoms with Gasteiger partial charge in [-0.1, -0.05) is 24.3 Å². The molecule has 5 rings (SSSR count). The smallest absolute Gasteiger partial charge is 0.337 e. The molecule has 2 N–H and O–H groups in total. The van der Waals surface area contributed by atoms with E-state index in [1.165, 1.54) is 7.11 Å². The molecule has 10 nitrogen and oxygen atoms in total. The van der Waals surface area contributed by atoms with Gasteiger partial charge in [0.25, 0.3) is 5.91 Å². The van der Waals surface area contributed by atoms with Crippen molar-refractivity contribution >= 4 is 22.9 Å². The van der Waals surface area contributed by atoms with Crippen molar-refractivity contribution in [3.05, 3.63) is 82.0 Å². The number of hydrogen-bond acceptors (Lipinski definition) is 7. The van der Waals surface area contributed by atoms with Crippen LogP contribution in [0.5, 0.6) is 0 Å². The molecule has 0 spiro atoms. The van der Waals surface area contributed by atoms with Gasteiger partial charge >= 0.3 is 11.7 Å². The van der Waals surface area contributed by atoms with Gasteiger partial charge in [-0.25, -0.2) is 9.59 Å². The molecule has 2 atom stereocenters. The number of aromatic amines is 1. The van der Waals surface area contributed by atoms with E-state index in [0.29, 0.717) is 57.4 Å². The number of fused-ring (bicyclic) bond motifs is 1. The first-order valence-corrected chi connectivity index (χ1v) is 13.8. The molecular weight excluding hydrogens is 514 g/mol. The van der Waals surface area contributed by atoms with Crippen LogP contribution in [-0.4, -0.2) is 71.1 Å². The first kappa shape index (κ1) is 27.7. The lowest BCUT2D eigenvalue weighted by Gasteiger charge is -2.35. The Morgan fingerprint density at radius 3 is 2.55 bits per heavy atom. The van der Waals surface area contributed by atoms with Gasteiger partial charge in [-0.2, -0.15) is 0 Å². The van der Waals surface area contributed by atoms with Crippen molar-refractivity contribution in [2.75, 3.05) is 33.4 Å². The number of allylic oxidation sites excluding steroid dienone is 1. The highest BCUT2D eigenvalue weighted by atomic mass is 16.7. The first-order chi connectivity index (χ1) is 19.5. The Morgan fingerprint density at radius 2 is 1.82 bits per heavy atom. The Hall–Kier alpha value is -3.89. The van der Waals surface area contributed by atoms with Crippen LogP contribution in [0.3, 0.4) is 0 Å². The van der Waals surface area contributed by atoms with E-state index in [-0.39, 0.29) is 35.9 Å². The normalized spacial score (nSPS) is 19.8. The minimum Gasteiger partial charge on any atom is -0.465 e. The summed E-state index contributed by atoms with van der Waals surface area (Å²) in [6.45, 7) is 1.49. The molecule has 0 radical (unpaired) electrons. The second-order valence-electron chi connectivity index (χ2n) is 10.2. The fraction of sp³-hybridized carbons (Fsp3) is 0.433. The summed E-state index contributed by atoms with van der Waals surface area (Å²) in [7, 11) is 1.34. The maximum Gasteiger partial charge on any atom is 0.337 e. The summed E-state index contributed by atoms with van der Waals surface area (Å²) < 4.78 is 18.6. The molecule has 1 amide bonds. The molecule has 1 aromatic heterocycles. The van der Waals surface area contributed by atoms with E-state index >= 15 is 0 Å². The van der Waals surface area contributed by atoms with Crippen LogP contribution in [0.1, 0.15) is 60.0 Å². The molecule has 3 aromatic rings. The zero-order valence-corrected chi connectivity index (χ0v) is 22.6. The summed E-state index contributed by atoms with van der Waals surface area (Å²) in [5.74, 6) is -0.523. The largest absolute Gasteiger partial charge is 0.465 e. The van der Waals surface area contributed by atoms with Gasteiger partial charge in [0.2, 0.25) is 6.29 Å². The summed E-state index contributed by atoms with van der Waals surface area (Å²) >= 11 is 0. The molecule has 0 aliphatic carbocycles. The van der Waals surface area contributed by atoms with Crippen molar-refractivity contribution in [1.29, 1.82) is 0 Å². The average molecular weight is 550 g/mol. The van der Waals surface area contributed by atoms with Gasteiger partial charge in [0.05, 0.1) is 30.3 Å². The van der Waals surface area contributed by atoms with Crippen LogP contribution >= 0.6 is 0 Å². The number of aliphatic hydroxyl groups is 1. The van der Waals surface area contributed by atoms with Crippen LogP contribution in [0, 0.1) is 0 Å². The number of piperidine rings is 1.